The van der Waals surface area contributed by atoms with Gasteiger partial charge < -0.3 is 5.32 Å². The summed E-state index contributed by atoms with van der Waals surface area (Å²) in [5.41, 5.74) is 0. The first-order valence-corrected chi connectivity index (χ1v) is 9.14. The molecule has 0 bridgehead atoms. The van der Waals surface area contributed by atoms with E-state index in [-0.39, 0.29) is 0 Å². The molecule has 0 spiro atoms. The highest BCUT2D eigenvalue weighted by Crippen LogP contribution is 2.20. The Morgan fingerprint density at radius 2 is 2.28 bits per heavy atom. The molecule has 0 radical (unpaired) electrons. The second kappa shape index (κ2) is 6.00. The SMILES string of the molecule is CC(CNC1CC1)S(=O)(=O)NCc1cc(Br)cs1. The Kier molecular flexibility index (Phi) is 4.82. The van der Waals surface area contributed by atoms with Gasteiger partial charge in [0.25, 0.3) is 0 Å². The van der Waals surface area contributed by atoms with E-state index in [1.54, 1.807) is 18.3 Å². The van der Waals surface area contributed by atoms with E-state index in [9.17, 15) is 8.42 Å². The van der Waals surface area contributed by atoms with Gasteiger partial charge in [0.2, 0.25) is 10.0 Å². The van der Waals surface area contributed by atoms with Crippen molar-refractivity contribution in [2.45, 2.75) is 37.6 Å². The zero-order chi connectivity index (χ0) is 13.2. The average molecular weight is 353 g/mol. The molecule has 0 aromatic carbocycles. The largest absolute Gasteiger partial charge is 0.313 e. The molecule has 1 atom stereocenters. The minimum Gasteiger partial charge on any atom is -0.313 e. The third-order valence-corrected chi connectivity index (χ3v) is 6.34. The fraction of sp³-hybridized carbons (Fsp3) is 0.636. The van der Waals surface area contributed by atoms with Crippen molar-refractivity contribution in [2.24, 2.45) is 0 Å². The molecular weight excluding hydrogens is 336 g/mol. The maximum atomic E-state index is 12.0. The van der Waals surface area contributed by atoms with Crippen molar-refractivity contribution in [3.8, 4) is 0 Å². The van der Waals surface area contributed by atoms with Crippen LogP contribution in [-0.4, -0.2) is 26.3 Å². The second-order valence-corrected chi connectivity index (χ2v) is 8.69. The number of nitrogens with one attached hydrogen (secondary N) is 2. The highest BCUT2D eigenvalue weighted by molar-refractivity contribution is 9.10. The fourth-order valence-electron chi connectivity index (χ4n) is 1.49. The zero-order valence-corrected chi connectivity index (χ0v) is 13.4. The maximum Gasteiger partial charge on any atom is 0.215 e. The quantitative estimate of drug-likeness (QED) is 0.789. The maximum absolute atomic E-state index is 12.0. The average Bonchev–Trinajstić information content (AvgIpc) is 3.06. The van der Waals surface area contributed by atoms with Crippen molar-refractivity contribution >= 4 is 37.3 Å². The normalized spacial score (nSPS) is 17.9. The molecule has 1 unspecified atom stereocenters. The molecule has 0 saturated heterocycles. The summed E-state index contributed by atoms with van der Waals surface area (Å²) in [5.74, 6) is 0. The topological polar surface area (TPSA) is 58.2 Å². The summed E-state index contributed by atoms with van der Waals surface area (Å²) in [4.78, 5) is 1.01. The predicted octanol–water partition coefficient (Wildman–Crippen LogP) is 2.07. The van der Waals surface area contributed by atoms with Crippen LogP contribution in [0.15, 0.2) is 15.9 Å². The molecule has 102 valence electrons. The first-order chi connectivity index (χ1) is 8.47. The highest BCUT2D eigenvalue weighted by Gasteiger charge is 2.25. The van der Waals surface area contributed by atoms with E-state index in [0.717, 1.165) is 9.35 Å². The van der Waals surface area contributed by atoms with Gasteiger partial charge in [-0.1, -0.05) is 0 Å². The first-order valence-electron chi connectivity index (χ1n) is 5.92. The van der Waals surface area contributed by atoms with Gasteiger partial charge in [0.15, 0.2) is 0 Å². The summed E-state index contributed by atoms with van der Waals surface area (Å²) in [7, 11) is -3.24. The summed E-state index contributed by atoms with van der Waals surface area (Å²) >= 11 is 4.89. The molecule has 1 saturated carbocycles. The van der Waals surface area contributed by atoms with Crippen molar-refractivity contribution in [2.75, 3.05) is 6.54 Å². The van der Waals surface area contributed by atoms with Crippen LogP contribution in [-0.2, 0) is 16.6 Å². The van der Waals surface area contributed by atoms with Gasteiger partial charge in [-0.25, -0.2) is 13.1 Å². The molecule has 1 aromatic heterocycles. The Morgan fingerprint density at radius 1 is 1.56 bits per heavy atom. The lowest BCUT2D eigenvalue weighted by molar-refractivity contribution is 0.557. The Hall–Kier alpha value is 0.0500. The van der Waals surface area contributed by atoms with Gasteiger partial charge >= 0.3 is 0 Å². The number of sulfonamides is 1. The number of hydrogen-bond donors (Lipinski definition) is 2. The molecule has 2 N–H and O–H groups in total. The third kappa shape index (κ3) is 4.31. The van der Waals surface area contributed by atoms with Gasteiger partial charge in [-0.05, 0) is 41.8 Å². The highest BCUT2D eigenvalue weighted by atomic mass is 79.9. The predicted molar refractivity (Wildman–Crippen MR) is 78.3 cm³/mol. The minimum absolute atomic E-state index is 0.367. The van der Waals surface area contributed by atoms with Gasteiger partial charge in [0.05, 0.1) is 5.25 Å². The standard InChI is InChI=1S/C11H17BrN2O2S2/c1-8(5-13-10-2-3-10)18(15,16)14-6-11-4-9(12)7-17-11/h4,7-8,10,13-14H,2-3,5-6H2,1H3. The van der Waals surface area contributed by atoms with Crippen molar-refractivity contribution < 1.29 is 8.42 Å². The monoisotopic (exact) mass is 352 g/mol. The van der Waals surface area contributed by atoms with Crippen molar-refractivity contribution in [1.82, 2.24) is 10.0 Å². The summed E-state index contributed by atoms with van der Waals surface area (Å²) < 4.78 is 27.6. The molecule has 18 heavy (non-hydrogen) atoms. The third-order valence-electron chi connectivity index (χ3n) is 2.87. The summed E-state index contributed by atoms with van der Waals surface area (Å²) in [6.45, 7) is 2.63. The first kappa shape index (κ1) is 14.5. The summed E-state index contributed by atoms with van der Waals surface area (Å²) in [5, 5.41) is 4.79. The van der Waals surface area contributed by atoms with Crippen LogP contribution in [0.5, 0.6) is 0 Å². The van der Waals surface area contributed by atoms with Crippen LogP contribution in [0, 0.1) is 0 Å². The molecular formula is C11H17BrN2O2S2. The Labute approximate surface area is 120 Å². The molecule has 7 heteroatoms. The molecule has 1 aliphatic rings. The van der Waals surface area contributed by atoms with Crippen LogP contribution in [0.4, 0.5) is 0 Å². The van der Waals surface area contributed by atoms with Gasteiger partial charge in [-0.15, -0.1) is 11.3 Å². The van der Waals surface area contributed by atoms with Crippen LogP contribution in [0.1, 0.15) is 24.6 Å². The van der Waals surface area contributed by atoms with Crippen LogP contribution in [0.25, 0.3) is 0 Å². The van der Waals surface area contributed by atoms with E-state index in [2.05, 4.69) is 26.0 Å². The van der Waals surface area contributed by atoms with Crippen molar-refractivity contribution in [3.63, 3.8) is 0 Å². The number of hydrogen-bond acceptors (Lipinski definition) is 4. The Balaban J connectivity index is 1.81. The van der Waals surface area contributed by atoms with Crippen molar-refractivity contribution in [1.29, 1.82) is 0 Å². The lowest BCUT2D eigenvalue weighted by atomic mass is 10.4. The second-order valence-electron chi connectivity index (χ2n) is 4.59. The Bertz CT molecular complexity index is 497. The van der Waals surface area contributed by atoms with Gasteiger partial charge in [0.1, 0.15) is 0 Å². The smallest absolute Gasteiger partial charge is 0.215 e. The van der Waals surface area contributed by atoms with Crippen LogP contribution in [0.2, 0.25) is 0 Å². The van der Waals surface area contributed by atoms with E-state index in [1.807, 2.05) is 11.4 Å². The molecule has 0 amide bonds. The van der Waals surface area contributed by atoms with Crippen molar-refractivity contribution in [3.05, 3.63) is 20.8 Å². The fourth-order valence-corrected chi connectivity index (χ4v) is 3.93. The van der Waals surface area contributed by atoms with Crippen LogP contribution < -0.4 is 10.0 Å². The molecule has 2 rings (SSSR count). The lowest BCUT2D eigenvalue weighted by Gasteiger charge is -2.14. The zero-order valence-electron chi connectivity index (χ0n) is 10.1. The van der Waals surface area contributed by atoms with E-state index < -0.39 is 15.3 Å². The number of halogens is 1. The van der Waals surface area contributed by atoms with Crippen LogP contribution in [0.3, 0.4) is 0 Å². The molecule has 1 aromatic rings. The molecule has 4 nitrogen and oxygen atoms in total. The molecule has 0 aliphatic heterocycles. The summed E-state index contributed by atoms with van der Waals surface area (Å²) in [6, 6.07) is 2.47. The van der Waals surface area contributed by atoms with Crippen LogP contribution >= 0.6 is 27.3 Å². The van der Waals surface area contributed by atoms with E-state index in [4.69, 9.17) is 0 Å². The molecule has 1 fully saturated rings. The van der Waals surface area contributed by atoms with Gasteiger partial charge in [-0.2, -0.15) is 0 Å². The lowest BCUT2D eigenvalue weighted by Crippen LogP contribution is -2.39. The minimum atomic E-state index is -3.24. The van der Waals surface area contributed by atoms with Gasteiger partial charge in [0, 0.05) is 33.9 Å². The van der Waals surface area contributed by atoms with E-state index >= 15 is 0 Å². The summed E-state index contributed by atoms with van der Waals surface area (Å²) in [6.07, 6.45) is 2.34. The van der Waals surface area contributed by atoms with E-state index in [1.165, 1.54) is 12.8 Å². The number of rotatable bonds is 7. The molecule has 1 aliphatic carbocycles. The van der Waals surface area contributed by atoms with Gasteiger partial charge in [-0.3, -0.25) is 0 Å². The Morgan fingerprint density at radius 3 is 2.83 bits per heavy atom. The van der Waals surface area contributed by atoms with E-state index in [0.29, 0.717) is 19.1 Å². The molecule has 1 heterocycles. The number of thiophene rings is 1.